The maximum atomic E-state index is 13.0. The van der Waals surface area contributed by atoms with Gasteiger partial charge in [0.2, 0.25) is 0 Å². The molecule has 0 amide bonds. The Kier molecular flexibility index (Phi) is 5.60. The van der Waals surface area contributed by atoms with Crippen LogP contribution < -0.4 is 4.46 Å². The van der Waals surface area contributed by atoms with Gasteiger partial charge in [-0.1, -0.05) is 0 Å². The molecule has 0 heterocycles. The van der Waals surface area contributed by atoms with Crippen LogP contribution >= 0.6 is 0 Å². The van der Waals surface area contributed by atoms with Gasteiger partial charge in [-0.25, -0.2) is 0 Å². The monoisotopic (exact) mass is 382 g/mol. The summed E-state index contributed by atoms with van der Waals surface area (Å²) in [5.41, 5.74) is 1.43. The van der Waals surface area contributed by atoms with Crippen molar-refractivity contribution < 1.29 is 9.90 Å². The minimum atomic E-state index is -0.806. The minimum absolute atomic E-state index is 0.00388. The van der Waals surface area contributed by atoms with Crippen LogP contribution in [0.3, 0.4) is 0 Å². The SMILES string of the molecule is O=C(c1ccccc1)[C@H]([Se]c1ccccc1)[C@@H](O)c1ccccc1. The second-order valence-electron chi connectivity index (χ2n) is 5.44. The number of Topliss-reactive ketones (excluding diaryl/α,β-unsaturated/α-hetero) is 1. The molecule has 0 fully saturated rings. The molecule has 0 aliphatic heterocycles. The van der Waals surface area contributed by atoms with Gasteiger partial charge >= 0.3 is 148 Å². The average Bonchev–Trinajstić information content (AvgIpc) is 2.67. The molecular weight excluding hydrogens is 363 g/mol. The van der Waals surface area contributed by atoms with Crippen LogP contribution in [-0.4, -0.2) is 25.8 Å². The summed E-state index contributed by atoms with van der Waals surface area (Å²) in [5, 5.41) is 10.9. The maximum absolute atomic E-state index is 13.0. The molecular formula is C21H18O2Se. The molecule has 2 atom stereocenters. The van der Waals surface area contributed by atoms with Crippen LogP contribution in [0.5, 0.6) is 0 Å². The van der Waals surface area contributed by atoms with E-state index in [-0.39, 0.29) is 20.7 Å². The van der Waals surface area contributed by atoms with Crippen molar-refractivity contribution >= 4 is 25.2 Å². The fraction of sp³-hybridized carbons (Fsp3) is 0.0952. The van der Waals surface area contributed by atoms with Crippen molar-refractivity contribution in [3.63, 3.8) is 0 Å². The summed E-state index contributed by atoms with van der Waals surface area (Å²) >= 11 is -0.163. The molecule has 0 radical (unpaired) electrons. The molecule has 3 aromatic rings. The van der Waals surface area contributed by atoms with Crippen LogP contribution in [0.1, 0.15) is 22.0 Å². The number of carbonyl (C=O) groups is 1. The van der Waals surface area contributed by atoms with Crippen LogP contribution in [0.4, 0.5) is 0 Å². The summed E-state index contributed by atoms with van der Waals surface area (Å²) in [5.74, 6) is -0.00388. The third kappa shape index (κ3) is 4.01. The van der Waals surface area contributed by atoms with Gasteiger partial charge in [-0.3, -0.25) is 0 Å². The van der Waals surface area contributed by atoms with E-state index >= 15 is 0 Å². The number of ketones is 1. The van der Waals surface area contributed by atoms with Crippen LogP contribution in [-0.2, 0) is 0 Å². The van der Waals surface area contributed by atoms with Crippen LogP contribution in [0, 0.1) is 0 Å². The van der Waals surface area contributed by atoms with E-state index < -0.39 is 10.9 Å². The van der Waals surface area contributed by atoms with Gasteiger partial charge in [-0.15, -0.1) is 0 Å². The first kappa shape index (κ1) is 16.7. The van der Waals surface area contributed by atoms with E-state index in [0.717, 1.165) is 10.0 Å². The molecule has 0 aromatic heterocycles. The summed E-state index contributed by atoms with van der Waals surface area (Å²) in [6, 6.07) is 28.6. The van der Waals surface area contributed by atoms with Gasteiger partial charge in [-0.05, 0) is 0 Å². The number of rotatable bonds is 6. The topological polar surface area (TPSA) is 37.3 Å². The van der Waals surface area contributed by atoms with Crippen molar-refractivity contribution in [1.82, 2.24) is 0 Å². The number of aliphatic hydroxyl groups excluding tert-OH is 1. The second-order valence-corrected chi connectivity index (χ2v) is 7.99. The van der Waals surface area contributed by atoms with Crippen LogP contribution in [0.2, 0.25) is 4.82 Å². The number of aliphatic hydroxyl groups is 1. The number of benzene rings is 3. The Morgan fingerprint density at radius 3 is 1.83 bits per heavy atom. The first-order valence-corrected chi connectivity index (χ1v) is 9.64. The van der Waals surface area contributed by atoms with Gasteiger partial charge < -0.3 is 0 Å². The molecule has 0 bridgehead atoms. The molecule has 24 heavy (non-hydrogen) atoms. The standard InChI is InChI=1S/C21H18O2Se/c22-19(16-10-4-1-5-11-16)21(24-18-14-8-3-9-15-18)20(23)17-12-6-2-7-13-17/h1-15,19,21-22H/t19-,21+/m0/s1. The Bertz CT molecular complexity index is 773. The zero-order chi connectivity index (χ0) is 16.8. The zero-order valence-electron chi connectivity index (χ0n) is 13.1. The quantitative estimate of drug-likeness (QED) is 0.525. The summed E-state index contributed by atoms with van der Waals surface area (Å²) in [6.07, 6.45) is -0.806. The Morgan fingerprint density at radius 1 is 0.750 bits per heavy atom. The van der Waals surface area contributed by atoms with Gasteiger partial charge in [-0.2, -0.15) is 0 Å². The zero-order valence-corrected chi connectivity index (χ0v) is 14.8. The van der Waals surface area contributed by atoms with E-state index in [9.17, 15) is 9.90 Å². The van der Waals surface area contributed by atoms with E-state index in [4.69, 9.17) is 0 Å². The van der Waals surface area contributed by atoms with Crippen molar-refractivity contribution in [2.24, 2.45) is 0 Å². The molecule has 2 nitrogen and oxygen atoms in total. The summed E-state index contributed by atoms with van der Waals surface area (Å²) in [6.45, 7) is 0. The Morgan fingerprint density at radius 2 is 1.25 bits per heavy atom. The number of hydrogen-bond donors (Lipinski definition) is 1. The number of carbonyl (C=O) groups excluding carboxylic acids is 1. The van der Waals surface area contributed by atoms with Crippen molar-refractivity contribution in [3.05, 3.63) is 102 Å². The second kappa shape index (κ2) is 8.07. The van der Waals surface area contributed by atoms with Gasteiger partial charge in [0, 0.05) is 0 Å². The van der Waals surface area contributed by atoms with Gasteiger partial charge in [0.05, 0.1) is 0 Å². The predicted octanol–water partition coefficient (Wildman–Crippen LogP) is 3.42. The molecule has 0 saturated carbocycles. The normalized spacial score (nSPS) is 13.2. The molecule has 0 saturated heterocycles. The van der Waals surface area contributed by atoms with E-state index in [2.05, 4.69) is 0 Å². The Labute approximate surface area is 148 Å². The molecule has 0 aliphatic carbocycles. The third-order valence-electron chi connectivity index (χ3n) is 3.75. The average molecular weight is 381 g/mol. The Balaban J connectivity index is 1.93. The molecule has 1 N–H and O–H groups in total. The summed E-state index contributed by atoms with van der Waals surface area (Å²) < 4.78 is 1.11. The first-order chi connectivity index (χ1) is 11.8. The molecule has 0 aliphatic rings. The van der Waals surface area contributed by atoms with Crippen LogP contribution in [0.25, 0.3) is 0 Å². The third-order valence-corrected chi connectivity index (χ3v) is 6.42. The van der Waals surface area contributed by atoms with Gasteiger partial charge in [0.15, 0.2) is 0 Å². The van der Waals surface area contributed by atoms with E-state index in [0.29, 0.717) is 5.56 Å². The predicted molar refractivity (Wildman–Crippen MR) is 97.8 cm³/mol. The van der Waals surface area contributed by atoms with Gasteiger partial charge in [0.1, 0.15) is 0 Å². The van der Waals surface area contributed by atoms with Crippen molar-refractivity contribution in [2.75, 3.05) is 0 Å². The van der Waals surface area contributed by atoms with Crippen LogP contribution in [0.15, 0.2) is 91.0 Å². The molecule has 3 aromatic carbocycles. The molecule has 0 unspecified atom stereocenters. The molecule has 120 valence electrons. The first-order valence-electron chi connectivity index (χ1n) is 7.79. The Hall–Kier alpha value is -2.19. The summed E-state index contributed by atoms with van der Waals surface area (Å²) in [7, 11) is 0. The summed E-state index contributed by atoms with van der Waals surface area (Å²) in [4.78, 5) is 12.6. The fourth-order valence-corrected chi connectivity index (χ4v) is 4.88. The number of hydrogen-bond acceptors (Lipinski definition) is 2. The van der Waals surface area contributed by atoms with E-state index in [1.165, 1.54) is 0 Å². The fourth-order valence-electron chi connectivity index (χ4n) is 2.50. The van der Waals surface area contributed by atoms with Crippen molar-refractivity contribution in [3.8, 4) is 0 Å². The van der Waals surface area contributed by atoms with E-state index in [1.54, 1.807) is 0 Å². The van der Waals surface area contributed by atoms with E-state index in [1.807, 2.05) is 91.0 Å². The molecule has 3 rings (SSSR count). The molecule has 0 spiro atoms. The van der Waals surface area contributed by atoms with Gasteiger partial charge in [0.25, 0.3) is 0 Å². The van der Waals surface area contributed by atoms with Crippen molar-refractivity contribution in [1.29, 1.82) is 0 Å². The van der Waals surface area contributed by atoms with Crippen molar-refractivity contribution in [2.45, 2.75) is 10.9 Å². The molecule has 3 heteroatoms.